The quantitative estimate of drug-likeness (QED) is 0.908. The lowest BCUT2D eigenvalue weighted by Gasteiger charge is -2.36. The zero-order valence-electron chi connectivity index (χ0n) is 13.5. The van der Waals surface area contributed by atoms with E-state index in [1.165, 1.54) is 4.88 Å². The third kappa shape index (κ3) is 4.53. The van der Waals surface area contributed by atoms with Crippen LogP contribution >= 0.6 is 23.7 Å². The Balaban J connectivity index is 0.00000192. The molecule has 1 fully saturated rings. The van der Waals surface area contributed by atoms with Gasteiger partial charge < -0.3 is 10.6 Å². The smallest absolute Gasteiger partial charge is 0.180 e. The van der Waals surface area contributed by atoms with E-state index in [0.717, 1.165) is 44.0 Å². The molecule has 0 saturated carbocycles. The highest BCUT2D eigenvalue weighted by Crippen LogP contribution is 2.23. The monoisotopic (exact) mass is 354 g/mol. The van der Waals surface area contributed by atoms with Crippen LogP contribution in [0.3, 0.4) is 0 Å². The van der Waals surface area contributed by atoms with Gasteiger partial charge in [0.15, 0.2) is 10.9 Å². The van der Waals surface area contributed by atoms with E-state index in [1.54, 1.807) is 11.3 Å². The van der Waals surface area contributed by atoms with Gasteiger partial charge in [0, 0.05) is 43.8 Å². The Labute approximate surface area is 147 Å². The lowest BCUT2D eigenvalue weighted by Crippen LogP contribution is -2.43. The summed E-state index contributed by atoms with van der Waals surface area (Å²) in [4.78, 5) is 10.1. The predicted octanol–water partition coefficient (Wildman–Crippen LogP) is 2.35. The fraction of sp³-hybridized carbons (Fsp3) is 0.533. The Kier molecular flexibility index (Phi) is 6.15. The van der Waals surface area contributed by atoms with Crippen molar-refractivity contribution in [2.45, 2.75) is 32.4 Å². The Morgan fingerprint density at radius 1 is 1.30 bits per heavy atom. The van der Waals surface area contributed by atoms with Gasteiger partial charge in [0.1, 0.15) is 0 Å². The van der Waals surface area contributed by atoms with Gasteiger partial charge in [-0.05, 0) is 31.9 Å². The molecule has 3 heterocycles. The second kappa shape index (κ2) is 7.90. The van der Waals surface area contributed by atoms with Gasteiger partial charge in [-0.25, -0.2) is 4.98 Å². The number of halogens is 1. The molecule has 1 saturated heterocycles. The minimum absolute atomic E-state index is 0. The number of nitrogens with zero attached hydrogens (tertiary/aromatic N) is 5. The molecule has 1 aliphatic rings. The van der Waals surface area contributed by atoms with Crippen molar-refractivity contribution in [1.29, 1.82) is 0 Å². The molecule has 0 aromatic carbocycles. The van der Waals surface area contributed by atoms with Gasteiger partial charge >= 0.3 is 0 Å². The maximum Gasteiger partial charge on any atom is 0.180 e. The SMILES string of the molecule is Cc1ccc(N(C)C2CCN(Cc3cnc(N)s3)CC2)nn1.Cl. The fourth-order valence-corrected chi connectivity index (χ4v) is 3.57. The van der Waals surface area contributed by atoms with E-state index < -0.39 is 0 Å². The number of likely N-dealkylation sites (tertiary alicyclic amines) is 1. The Morgan fingerprint density at radius 3 is 2.61 bits per heavy atom. The van der Waals surface area contributed by atoms with E-state index in [0.29, 0.717) is 11.2 Å². The van der Waals surface area contributed by atoms with Crippen LogP contribution in [0, 0.1) is 6.92 Å². The van der Waals surface area contributed by atoms with Gasteiger partial charge in [0.25, 0.3) is 0 Å². The number of hydrogen-bond donors (Lipinski definition) is 1. The molecule has 3 rings (SSSR count). The van der Waals surface area contributed by atoms with Crippen LogP contribution in [0.5, 0.6) is 0 Å². The van der Waals surface area contributed by atoms with E-state index in [1.807, 2.05) is 19.2 Å². The molecule has 2 aromatic heterocycles. The average Bonchev–Trinajstić information content (AvgIpc) is 2.93. The normalized spacial score (nSPS) is 16.1. The molecule has 0 spiro atoms. The molecule has 23 heavy (non-hydrogen) atoms. The molecule has 2 N–H and O–H groups in total. The van der Waals surface area contributed by atoms with Crippen molar-refractivity contribution in [2.24, 2.45) is 0 Å². The number of nitrogens with two attached hydrogens (primary N) is 1. The number of piperidine rings is 1. The molecule has 8 heteroatoms. The van der Waals surface area contributed by atoms with E-state index in [-0.39, 0.29) is 12.4 Å². The minimum Gasteiger partial charge on any atom is -0.375 e. The summed E-state index contributed by atoms with van der Waals surface area (Å²) in [7, 11) is 2.11. The number of anilines is 2. The minimum atomic E-state index is 0. The second-order valence-corrected chi connectivity index (χ2v) is 6.96. The lowest BCUT2D eigenvalue weighted by atomic mass is 10.0. The van der Waals surface area contributed by atoms with E-state index in [9.17, 15) is 0 Å². The van der Waals surface area contributed by atoms with Crippen LogP contribution < -0.4 is 10.6 Å². The molecular weight excluding hydrogens is 332 g/mol. The summed E-state index contributed by atoms with van der Waals surface area (Å²) in [6.07, 6.45) is 4.17. The molecule has 0 radical (unpaired) electrons. The largest absolute Gasteiger partial charge is 0.375 e. The summed E-state index contributed by atoms with van der Waals surface area (Å²) < 4.78 is 0. The molecule has 1 aliphatic heterocycles. The summed E-state index contributed by atoms with van der Waals surface area (Å²) in [5.74, 6) is 0.958. The Morgan fingerprint density at radius 2 is 2.04 bits per heavy atom. The first kappa shape index (κ1) is 17.9. The van der Waals surface area contributed by atoms with Crippen molar-refractivity contribution in [1.82, 2.24) is 20.1 Å². The highest BCUT2D eigenvalue weighted by atomic mass is 35.5. The van der Waals surface area contributed by atoms with Crippen molar-refractivity contribution in [3.63, 3.8) is 0 Å². The second-order valence-electron chi connectivity index (χ2n) is 5.82. The maximum atomic E-state index is 5.69. The molecular formula is C15H23ClN6S. The Bertz CT molecular complexity index is 609. The first-order valence-electron chi connectivity index (χ1n) is 7.57. The zero-order chi connectivity index (χ0) is 15.5. The van der Waals surface area contributed by atoms with Gasteiger partial charge in [-0.2, -0.15) is 5.10 Å². The van der Waals surface area contributed by atoms with Crippen LogP contribution in [0.15, 0.2) is 18.3 Å². The van der Waals surface area contributed by atoms with Gasteiger partial charge in [0.2, 0.25) is 0 Å². The van der Waals surface area contributed by atoms with Gasteiger partial charge in [-0.3, -0.25) is 4.90 Å². The van der Waals surface area contributed by atoms with Crippen molar-refractivity contribution in [2.75, 3.05) is 30.8 Å². The van der Waals surface area contributed by atoms with E-state index >= 15 is 0 Å². The molecule has 0 atom stereocenters. The highest BCUT2D eigenvalue weighted by molar-refractivity contribution is 7.15. The number of rotatable bonds is 4. The third-order valence-electron chi connectivity index (χ3n) is 4.20. The fourth-order valence-electron chi connectivity index (χ4n) is 2.85. The predicted molar refractivity (Wildman–Crippen MR) is 97.2 cm³/mol. The van der Waals surface area contributed by atoms with Crippen molar-refractivity contribution in [3.8, 4) is 0 Å². The molecule has 6 nitrogen and oxygen atoms in total. The lowest BCUT2D eigenvalue weighted by molar-refractivity contribution is 0.204. The molecule has 0 bridgehead atoms. The summed E-state index contributed by atoms with van der Waals surface area (Å²) in [5.41, 5.74) is 6.64. The van der Waals surface area contributed by atoms with Crippen molar-refractivity contribution < 1.29 is 0 Å². The number of aryl methyl sites for hydroxylation is 1. The molecule has 0 amide bonds. The van der Waals surface area contributed by atoms with Gasteiger partial charge in [-0.15, -0.1) is 28.8 Å². The van der Waals surface area contributed by atoms with Crippen LogP contribution in [-0.2, 0) is 6.54 Å². The van der Waals surface area contributed by atoms with Crippen LogP contribution in [0.2, 0.25) is 0 Å². The number of hydrogen-bond acceptors (Lipinski definition) is 7. The first-order valence-corrected chi connectivity index (χ1v) is 8.39. The molecule has 0 aliphatic carbocycles. The molecule has 2 aromatic rings. The van der Waals surface area contributed by atoms with Crippen LogP contribution in [0.4, 0.5) is 10.9 Å². The topological polar surface area (TPSA) is 71.2 Å². The Hall–Kier alpha value is -1.44. The van der Waals surface area contributed by atoms with Crippen LogP contribution in [0.1, 0.15) is 23.4 Å². The average molecular weight is 355 g/mol. The molecule has 126 valence electrons. The first-order chi connectivity index (χ1) is 10.6. The molecule has 0 unspecified atom stereocenters. The third-order valence-corrected chi connectivity index (χ3v) is 5.01. The van der Waals surface area contributed by atoms with Crippen LogP contribution in [0.25, 0.3) is 0 Å². The van der Waals surface area contributed by atoms with E-state index in [4.69, 9.17) is 5.73 Å². The van der Waals surface area contributed by atoms with Crippen LogP contribution in [-0.4, -0.2) is 46.3 Å². The maximum absolute atomic E-state index is 5.69. The van der Waals surface area contributed by atoms with Crippen molar-refractivity contribution in [3.05, 3.63) is 28.9 Å². The standard InChI is InChI=1S/C15H22N6S.ClH/c1-11-3-4-14(19-18-11)20(2)12-5-7-21(8-6-12)10-13-9-17-15(16)22-13;/h3-4,9,12H,5-8,10H2,1-2H3,(H2,16,17);1H. The summed E-state index contributed by atoms with van der Waals surface area (Å²) in [5, 5.41) is 9.09. The highest BCUT2D eigenvalue weighted by Gasteiger charge is 2.23. The van der Waals surface area contributed by atoms with Crippen molar-refractivity contribution >= 4 is 34.7 Å². The zero-order valence-corrected chi connectivity index (χ0v) is 15.1. The number of thiazole rings is 1. The number of aromatic nitrogens is 3. The summed E-state index contributed by atoms with van der Waals surface area (Å²) >= 11 is 1.58. The summed E-state index contributed by atoms with van der Waals surface area (Å²) in [6.45, 7) is 5.09. The summed E-state index contributed by atoms with van der Waals surface area (Å²) in [6, 6.07) is 4.59. The van der Waals surface area contributed by atoms with E-state index in [2.05, 4.69) is 38.1 Å². The van der Waals surface area contributed by atoms with Gasteiger partial charge in [0.05, 0.1) is 5.69 Å². The number of nitrogen functional groups attached to an aromatic ring is 1. The van der Waals surface area contributed by atoms with Gasteiger partial charge in [-0.1, -0.05) is 0 Å².